The molecular weight excluding hydrogens is 190 g/mol. The minimum Gasteiger partial charge on any atom is -0.497 e. The molecule has 0 radical (unpaired) electrons. The number of methoxy groups -OCH3 is 1. The van der Waals surface area contributed by atoms with Crippen LogP contribution in [0.2, 0.25) is 0 Å². The van der Waals surface area contributed by atoms with E-state index in [9.17, 15) is 5.11 Å². The summed E-state index contributed by atoms with van der Waals surface area (Å²) in [5.74, 6) is 0.294. The van der Waals surface area contributed by atoms with Gasteiger partial charge in [0, 0.05) is 0 Å². The SMILES string of the molecule is CCC(O)C(C#N)c1ccc(OC)cc1. The van der Waals surface area contributed by atoms with Crippen LogP contribution in [0.15, 0.2) is 24.3 Å². The zero-order chi connectivity index (χ0) is 11.3. The molecular formula is C12H15NO2. The van der Waals surface area contributed by atoms with Crippen molar-refractivity contribution in [1.29, 1.82) is 5.26 Å². The zero-order valence-corrected chi connectivity index (χ0v) is 8.97. The highest BCUT2D eigenvalue weighted by Crippen LogP contribution is 2.23. The van der Waals surface area contributed by atoms with Crippen molar-refractivity contribution >= 4 is 0 Å². The molecule has 15 heavy (non-hydrogen) atoms. The summed E-state index contributed by atoms with van der Waals surface area (Å²) in [5, 5.41) is 18.6. The first-order chi connectivity index (χ1) is 7.22. The average Bonchev–Trinajstić information content (AvgIpc) is 2.30. The largest absolute Gasteiger partial charge is 0.497 e. The molecule has 2 unspecified atom stereocenters. The molecule has 0 heterocycles. The summed E-state index contributed by atoms with van der Waals surface area (Å²) in [7, 11) is 1.59. The summed E-state index contributed by atoms with van der Waals surface area (Å²) in [6, 6.07) is 9.33. The van der Waals surface area contributed by atoms with Gasteiger partial charge in [0.05, 0.1) is 25.2 Å². The van der Waals surface area contributed by atoms with Gasteiger partial charge >= 0.3 is 0 Å². The van der Waals surface area contributed by atoms with Gasteiger partial charge in [-0.05, 0) is 24.1 Å². The fraction of sp³-hybridized carbons (Fsp3) is 0.417. The lowest BCUT2D eigenvalue weighted by atomic mass is 9.93. The first-order valence-corrected chi connectivity index (χ1v) is 4.94. The molecule has 0 aliphatic carbocycles. The first kappa shape index (κ1) is 11.5. The van der Waals surface area contributed by atoms with Crippen molar-refractivity contribution in [3.05, 3.63) is 29.8 Å². The Morgan fingerprint density at radius 2 is 2.00 bits per heavy atom. The highest BCUT2D eigenvalue weighted by Gasteiger charge is 2.18. The molecule has 80 valence electrons. The van der Waals surface area contributed by atoms with Crippen LogP contribution in [0.1, 0.15) is 24.8 Å². The van der Waals surface area contributed by atoms with E-state index < -0.39 is 12.0 Å². The van der Waals surface area contributed by atoms with Gasteiger partial charge in [0.25, 0.3) is 0 Å². The van der Waals surface area contributed by atoms with Gasteiger partial charge in [0.2, 0.25) is 0 Å². The Hall–Kier alpha value is -1.53. The van der Waals surface area contributed by atoms with E-state index in [-0.39, 0.29) is 0 Å². The van der Waals surface area contributed by atoms with Crippen LogP contribution >= 0.6 is 0 Å². The van der Waals surface area contributed by atoms with Crippen molar-refractivity contribution in [1.82, 2.24) is 0 Å². The van der Waals surface area contributed by atoms with Gasteiger partial charge in [0.15, 0.2) is 0 Å². The molecule has 0 bridgehead atoms. The van der Waals surface area contributed by atoms with Gasteiger partial charge in [0.1, 0.15) is 5.75 Å². The zero-order valence-electron chi connectivity index (χ0n) is 8.97. The van der Waals surface area contributed by atoms with Crippen molar-refractivity contribution in [3.63, 3.8) is 0 Å². The van der Waals surface area contributed by atoms with Crippen LogP contribution in [-0.2, 0) is 0 Å². The lowest BCUT2D eigenvalue weighted by molar-refractivity contribution is 0.157. The quantitative estimate of drug-likeness (QED) is 0.818. The van der Waals surface area contributed by atoms with Crippen LogP contribution < -0.4 is 4.74 Å². The maximum absolute atomic E-state index is 9.64. The van der Waals surface area contributed by atoms with Crippen LogP contribution in [0.25, 0.3) is 0 Å². The maximum atomic E-state index is 9.64. The van der Waals surface area contributed by atoms with Gasteiger partial charge < -0.3 is 9.84 Å². The first-order valence-electron chi connectivity index (χ1n) is 4.94. The van der Waals surface area contributed by atoms with Crippen molar-refractivity contribution in [2.24, 2.45) is 0 Å². The number of aliphatic hydroxyl groups is 1. The van der Waals surface area contributed by atoms with Gasteiger partial charge in [-0.1, -0.05) is 19.1 Å². The van der Waals surface area contributed by atoms with Gasteiger partial charge in [-0.2, -0.15) is 5.26 Å². The molecule has 1 aromatic rings. The fourth-order valence-electron chi connectivity index (χ4n) is 1.43. The monoisotopic (exact) mass is 205 g/mol. The Morgan fingerprint density at radius 3 is 2.40 bits per heavy atom. The molecule has 2 atom stereocenters. The third kappa shape index (κ3) is 2.71. The van der Waals surface area contributed by atoms with E-state index >= 15 is 0 Å². The number of rotatable bonds is 4. The Morgan fingerprint density at radius 1 is 1.40 bits per heavy atom. The number of aliphatic hydroxyl groups excluding tert-OH is 1. The average molecular weight is 205 g/mol. The van der Waals surface area contributed by atoms with Gasteiger partial charge in [-0.25, -0.2) is 0 Å². The molecule has 1 rings (SSSR count). The van der Waals surface area contributed by atoms with Crippen LogP contribution in [0.5, 0.6) is 5.75 Å². The van der Waals surface area contributed by atoms with E-state index in [2.05, 4.69) is 6.07 Å². The third-order valence-electron chi connectivity index (χ3n) is 2.42. The molecule has 0 aliphatic rings. The smallest absolute Gasteiger partial charge is 0.118 e. The van der Waals surface area contributed by atoms with Crippen molar-refractivity contribution < 1.29 is 9.84 Å². The fourth-order valence-corrected chi connectivity index (χ4v) is 1.43. The minimum atomic E-state index is -0.608. The van der Waals surface area contributed by atoms with E-state index in [0.29, 0.717) is 6.42 Å². The normalized spacial score (nSPS) is 14.0. The second-order valence-corrected chi connectivity index (χ2v) is 3.36. The Labute approximate surface area is 89.9 Å². The van der Waals surface area contributed by atoms with Crippen LogP contribution in [0.4, 0.5) is 0 Å². The Balaban J connectivity index is 2.89. The van der Waals surface area contributed by atoms with E-state index in [1.807, 2.05) is 19.1 Å². The van der Waals surface area contributed by atoms with Crippen LogP contribution in [-0.4, -0.2) is 18.3 Å². The lowest BCUT2D eigenvalue weighted by Gasteiger charge is -2.15. The molecule has 0 fully saturated rings. The molecule has 1 aromatic carbocycles. The lowest BCUT2D eigenvalue weighted by Crippen LogP contribution is -2.15. The summed E-state index contributed by atoms with van der Waals surface area (Å²) < 4.78 is 5.02. The van der Waals surface area contributed by atoms with Gasteiger partial charge in [-0.15, -0.1) is 0 Å². The maximum Gasteiger partial charge on any atom is 0.118 e. The van der Waals surface area contributed by atoms with Crippen molar-refractivity contribution in [2.75, 3.05) is 7.11 Å². The topological polar surface area (TPSA) is 53.2 Å². The third-order valence-corrected chi connectivity index (χ3v) is 2.42. The summed E-state index contributed by atoms with van der Waals surface area (Å²) in [6.45, 7) is 1.86. The second-order valence-electron chi connectivity index (χ2n) is 3.36. The molecule has 3 nitrogen and oxygen atoms in total. The van der Waals surface area contributed by atoms with Crippen molar-refractivity contribution in [3.8, 4) is 11.8 Å². The molecule has 0 aromatic heterocycles. The number of hydrogen-bond donors (Lipinski definition) is 1. The van der Waals surface area contributed by atoms with Crippen molar-refractivity contribution in [2.45, 2.75) is 25.4 Å². The summed E-state index contributed by atoms with van der Waals surface area (Å²) in [5.41, 5.74) is 0.827. The molecule has 1 N–H and O–H groups in total. The van der Waals surface area contributed by atoms with E-state index in [1.165, 1.54) is 0 Å². The molecule has 0 saturated heterocycles. The predicted molar refractivity (Wildman–Crippen MR) is 57.6 cm³/mol. The number of nitrogens with zero attached hydrogens (tertiary/aromatic N) is 1. The van der Waals surface area contributed by atoms with E-state index in [4.69, 9.17) is 10.00 Å². The number of ether oxygens (including phenoxy) is 1. The van der Waals surface area contributed by atoms with Gasteiger partial charge in [-0.3, -0.25) is 0 Å². The molecule has 0 amide bonds. The molecule has 0 aliphatic heterocycles. The second kappa shape index (κ2) is 5.38. The summed E-state index contributed by atoms with van der Waals surface area (Å²) >= 11 is 0. The van der Waals surface area contributed by atoms with E-state index in [0.717, 1.165) is 11.3 Å². The van der Waals surface area contributed by atoms with Crippen LogP contribution in [0, 0.1) is 11.3 Å². The number of benzene rings is 1. The number of hydrogen-bond acceptors (Lipinski definition) is 3. The highest BCUT2D eigenvalue weighted by atomic mass is 16.5. The molecule has 0 spiro atoms. The molecule has 3 heteroatoms. The standard InChI is InChI=1S/C12H15NO2/c1-3-12(14)11(8-13)9-4-6-10(15-2)7-5-9/h4-7,11-12,14H,3H2,1-2H3. The predicted octanol–water partition coefficient (Wildman–Crippen LogP) is 2.07. The van der Waals surface area contributed by atoms with Crippen LogP contribution in [0.3, 0.4) is 0 Å². The minimum absolute atomic E-state index is 0.457. The van der Waals surface area contributed by atoms with E-state index in [1.54, 1.807) is 19.2 Å². The number of nitriles is 1. The molecule has 0 saturated carbocycles. The Kier molecular flexibility index (Phi) is 4.14. The summed E-state index contributed by atoms with van der Waals surface area (Å²) in [6.07, 6.45) is -0.0343. The summed E-state index contributed by atoms with van der Waals surface area (Å²) in [4.78, 5) is 0. The highest BCUT2D eigenvalue weighted by molar-refractivity contribution is 5.32. The Bertz CT molecular complexity index is 340.